The zero-order chi connectivity index (χ0) is 25.9. The van der Waals surface area contributed by atoms with Gasteiger partial charge in [0.1, 0.15) is 5.82 Å². The molecule has 1 fully saturated rings. The summed E-state index contributed by atoms with van der Waals surface area (Å²) < 4.78 is 103. The third-order valence-corrected chi connectivity index (χ3v) is 7.71. The van der Waals surface area contributed by atoms with E-state index in [-0.39, 0.29) is 22.6 Å². The van der Waals surface area contributed by atoms with E-state index < -0.39 is 45.3 Å². The number of benzene rings is 3. The summed E-state index contributed by atoms with van der Waals surface area (Å²) in [6.45, 7) is -3.61. The van der Waals surface area contributed by atoms with Crippen LogP contribution in [0.1, 0.15) is 37.7 Å². The third kappa shape index (κ3) is 5.54. The Morgan fingerprint density at radius 1 is 0.833 bits per heavy atom. The van der Waals surface area contributed by atoms with Gasteiger partial charge < -0.3 is 4.74 Å². The van der Waals surface area contributed by atoms with Gasteiger partial charge in [0, 0.05) is 11.0 Å². The van der Waals surface area contributed by atoms with Crippen molar-refractivity contribution >= 4 is 10.1 Å². The molecule has 0 heterocycles. The first-order valence-electron chi connectivity index (χ1n) is 11.3. The topological polar surface area (TPSA) is 52.6 Å². The first-order valence-corrected chi connectivity index (χ1v) is 12.7. The van der Waals surface area contributed by atoms with Crippen LogP contribution in [0, 0.1) is 17.5 Å². The van der Waals surface area contributed by atoms with Gasteiger partial charge in [0.2, 0.25) is 0 Å². The molecule has 3 aromatic rings. The molecule has 1 saturated carbocycles. The number of alkyl halides is 2. The van der Waals surface area contributed by atoms with Gasteiger partial charge in [-0.1, -0.05) is 49.6 Å². The Morgan fingerprint density at radius 3 is 2.06 bits per heavy atom. The van der Waals surface area contributed by atoms with Crippen LogP contribution in [-0.2, 0) is 19.7 Å². The summed E-state index contributed by atoms with van der Waals surface area (Å²) in [6.07, 6.45) is 3.66. The lowest BCUT2D eigenvalue weighted by atomic mass is 9.70. The van der Waals surface area contributed by atoms with Crippen molar-refractivity contribution in [2.45, 2.75) is 49.0 Å². The average molecular weight is 527 g/mol. The molecule has 1 aliphatic carbocycles. The van der Waals surface area contributed by atoms with E-state index >= 15 is 4.39 Å². The van der Waals surface area contributed by atoms with Gasteiger partial charge in [-0.3, -0.25) is 4.18 Å². The number of ether oxygens (including phenoxy) is 1. The quantitative estimate of drug-likeness (QED) is 0.235. The molecule has 0 amide bonds. The Labute approximate surface area is 205 Å². The van der Waals surface area contributed by atoms with Crippen LogP contribution < -0.4 is 4.74 Å². The lowest BCUT2D eigenvalue weighted by molar-refractivity contribution is -0.0546. The van der Waals surface area contributed by atoms with E-state index in [9.17, 15) is 26.0 Å². The van der Waals surface area contributed by atoms with Crippen LogP contribution >= 0.6 is 0 Å². The van der Waals surface area contributed by atoms with Crippen LogP contribution in [0.4, 0.5) is 22.0 Å². The summed E-state index contributed by atoms with van der Waals surface area (Å²) in [6, 6.07) is 13.2. The van der Waals surface area contributed by atoms with Crippen molar-refractivity contribution in [1.82, 2.24) is 0 Å². The Morgan fingerprint density at radius 2 is 1.47 bits per heavy atom. The summed E-state index contributed by atoms with van der Waals surface area (Å²) in [5.41, 5.74) is -0.615. The summed E-state index contributed by atoms with van der Waals surface area (Å²) >= 11 is 0. The van der Waals surface area contributed by atoms with E-state index in [1.165, 1.54) is 24.3 Å². The normalized spacial score (nSPS) is 15.7. The van der Waals surface area contributed by atoms with E-state index in [0.717, 1.165) is 19.3 Å². The predicted molar refractivity (Wildman–Crippen MR) is 123 cm³/mol. The van der Waals surface area contributed by atoms with Gasteiger partial charge in [-0.2, -0.15) is 17.2 Å². The fraction of sp³-hybridized carbons (Fsp3) is 0.308. The Bertz CT molecular complexity index is 1300. The Kier molecular flexibility index (Phi) is 7.65. The van der Waals surface area contributed by atoms with E-state index in [4.69, 9.17) is 4.18 Å². The lowest BCUT2D eigenvalue weighted by Gasteiger charge is -2.37. The molecule has 0 spiro atoms. The molecule has 10 heteroatoms. The minimum Gasteiger partial charge on any atom is -0.429 e. The molecular formula is C26H23F5O4S. The minimum atomic E-state index is -4.03. The molecule has 1 aliphatic rings. The maximum atomic E-state index is 15.2. The number of halogens is 5. The maximum Gasteiger partial charge on any atom is 0.387 e. The summed E-state index contributed by atoms with van der Waals surface area (Å²) in [5.74, 6) is -4.83. The molecule has 36 heavy (non-hydrogen) atoms. The molecule has 4 nitrogen and oxygen atoms in total. The van der Waals surface area contributed by atoms with E-state index in [1.54, 1.807) is 24.3 Å². The largest absolute Gasteiger partial charge is 0.429 e. The first-order chi connectivity index (χ1) is 17.1. The SMILES string of the molecule is O=S(=O)(OCC1(c2ccc(-c3cc(F)c(OC(F)F)c(F)c3)c(F)c2)CCCCC1)c1ccccc1. The molecule has 0 radical (unpaired) electrons. The highest BCUT2D eigenvalue weighted by atomic mass is 32.2. The van der Waals surface area contributed by atoms with Crippen molar-refractivity contribution in [2.75, 3.05) is 6.61 Å². The van der Waals surface area contributed by atoms with Gasteiger partial charge in [0.05, 0.1) is 11.5 Å². The van der Waals surface area contributed by atoms with Crippen molar-refractivity contribution in [3.63, 3.8) is 0 Å². The van der Waals surface area contributed by atoms with E-state index in [1.807, 2.05) is 0 Å². The second-order valence-corrected chi connectivity index (χ2v) is 10.3. The zero-order valence-electron chi connectivity index (χ0n) is 19.0. The highest BCUT2D eigenvalue weighted by Gasteiger charge is 2.37. The average Bonchev–Trinajstić information content (AvgIpc) is 2.86. The fourth-order valence-electron chi connectivity index (χ4n) is 4.59. The van der Waals surface area contributed by atoms with Gasteiger partial charge in [-0.15, -0.1) is 0 Å². The summed E-state index contributed by atoms with van der Waals surface area (Å²) in [7, 11) is -4.03. The van der Waals surface area contributed by atoms with Crippen molar-refractivity contribution < 1.29 is 39.3 Å². The van der Waals surface area contributed by atoms with Crippen molar-refractivity contribution in [2.24, 2.45) is 0 Å². The Hall–Kier alpha value is -2.98. The van der Waals surface area contributed by atoms with Gasteiger partial charge >= 0.3 is 6.61 Å². The molecule has 0 N–H and O–H groups in total. The van der Waals surface area contributed by atoms with Gasteiger partial charge in [-0.25, -0.2) is 13.2 Å². The molecule has 192 valence electrons. The summed E-state index contributed by atoms with van der Waals surface area (Å²) in [5, 5.41) is 0. The Balaban J connectivity index is 1.64. The monoisotopic (exact) mass is 526 g/mol. The molecule has 3 aromatic carbocycles. The van der Waals surface area contributed by atoms with Crippen LogP contribution in [0.3, 0.4) is 0 Å². The van der Waals surface area contributed by atoms with Gasteiger partial charge in [0.25, 0.3) is 10.1 Å². The second kappa shape index (κ2) is 10.6. The van der Waals surface area contributed by atoms with Gasteiger partial charge in [0.15, 0.2) is 17.4 Å². The molecular weight excluding hydrogens is 503 g/mol. The van der Waals surface area contributed by atoms with E-state index in [2.05, 4.69) is 4.74 Å². The fourth-order valence-corrected chi connectivity index (χ4v) is 5.59. The summed E-state index contributed by atoms with van der Waals surface area (Å²) in [4.78, 5) is 0.0146. The van der Waals surface area contributed by atoms with Crippen molar-refractivity contribution in [3.05, 3.63) is 83.7 Å². The van der Waals surface area contributed by atoms with Crippen molar-refractivity contribution in [1.29, 1.82) is 0 Å². The second-order valence-electron chi connectivity index (χ2n) is 8.71. The zero-order valence-corrected chi connectivity index (χ0v) is 19.8. The molecule has 0 aromatic heterocycles. The lowest BCUT2D eigenvalue weighted by Crippen LogP contribution is -2.35. The number of rotatable bonds is 8. The third-order valence-electron chi connectivity index (χ3n) is 6.43. The molecule has 0 saturated heterocycles. The smallest absolute Gasteiger partial charge is 0.387 e. The van der Waals surface area contributed by atoms with Gasteiger partial charge in [-0.05, 0) is 54.3 Å². The minimum absolute atomic E-state index is 0.0146. The highest BCUT2D eigenvalue weighted by molar-refractivity contribution is 7.86. The van der Waals surface area contributed by atoms with Crippen LogP contribution in [0.25, 0.3) is 11.1 Å². The number of hydrogen-bond donors (Lipinski definition) is 0. The number of hydrogen-bond acceptors (Lipinski definition) is 4. The maximum absolute atomic E-state index is 15.2. The molecule has 0 atom stereocenters. The van der Waals surface area contributed by atoms with Crippen LogP contribution in [-0.4, -0.2) is 21.6 Å². The predicted octanol–water partition coefficient (Wildman–Crippen LogP) is 6.98. The van der Waals surface area contributed by atoms with E-state index in [0.29, 0.717) is 30.5 Å². The van der Waals surface area contributed by atoms with Crippen LogP contribution in [0.5, 0.6) is 5.75 Å². The molecule has 4 rings (SSSR count). The molecule has 0 unspecified atom stereocenters. The molecule has 0 aliphatic heterocycles. The van der Waals surface area contributed by atoms with Crippen molar-refractivity contribution in [3.8, 4) is 16.9 Å². The molecule has 0 bridgehead atoms. The van der Waals surface area contributed by atoms with Crippen LogP contribution in [0.15, 0.2) is 65.6 Å². The first kappa shape index (κ1) is 26.1. The standard InChI is InChI=1S/C26H23F5O4S/c27-21-15-18(9-10-20(21)17-13-22(28)24(23(29)14-17)35-25(30)31)26(11-5-2-6-12-26)16-34-36(32,33)19-7-3-1-4-8-19/h1,3-4,7-10,13-15,25H,2,5-6,11-12,16H2. The van der Waals surface area contributed by atoms with Crippen LogP contribution in [0.2, 0.25) is 0 Å². The highest BCUT2D eigenvalue weighted by Crippen LogP contribution is 2.42.